The average molecular weight is 277 g/mol. The standard InChI is InChI=1S/C14H15NO5/c1-8(2)11(19-3)14(18)20-15-12(16)9-6-4-5-7-10(9)13(15)17/h4-8,11H,1-3H3. The van der Waals surface area contributed by atoms with Gasteiger partial charge >= 0.3 is 5.97 Å². The van der Waals surface area contributed by atoms with E-state index in [2.05, 4.69) is 0 Å². The van der Waals surface area contributed by atoms with Gasteiger partial charge in [-0.25, -0.2) is 4.79 Å². The van der Waals surface area contributed by atoms with Crippen molar-refractivity contribution in [2.75, 3.05) is 7.11 Å². The van der Waals surface area contributed by atoms with Gasteiger partial charge in [0.05, 0.1) is 11.1 Å². The molecule has 0 aliphatic carbocycles. The summed E-state index contributed by atoms with van der Waals surface area (Å²) in [6.07, 6.45) is -0.834. The number of fused-ring (bicyclic) bond motifs is 1. The van der Waals surface area contributed by atoms with Crippen LogP contribution >= 0.6 is 0 Å². The molecule has 1 heterocycles. The summed E-state index contributed by atoms with van der Waals surface area (Å²) < 4.78 is 5.01. The number of hydrogen-bond acceptors (Lipinski definition) is 5. The third-order valence-electron chi connectivity index (χ3n) is 3.03. The molecule has 20 heavy (non-hydrogen) atoms. The van der Waals surface area contributed by atoms with Gasteiger partial charge in [0.2, 0.25) is 0 Å². The number of rotatable bonds is 4. The second-order valence-electron chi connectivity index (χ2n) is 4.76. The maximum absolute atomic E-state index is 12.0. The van der Waals surface area contributed by atoms with Crippen LogP contribution in [0.4, 0.5) is 0 Å². The van der Waals surface area contributed by atoms with Gasteiger partial charge in [-0.1, -0.05) is 31.0 Å². The number of carbonyl (C=O) groups is 3. The lowest BCUT2D eigenvalue weighted by Crippen LogP contribution is -2.39. The Balaban J connectivity index is 2.19. The highest BCUT2D eigenvalue weighted by atomic mass is 16.7. The van der Waals surface area contributed by atoms with Gasteiger partial charge < -0.3 is 9.57 Å². The number of hydroxylamine groups is 2. The highest BCUT2D eigenvalue weighted by molar-refractivity contribution is 6.20. The predicted molar refractivity (Wildman–Crippen MR) is 68.7 cm³/mol. The van der Waals surface area contributed by atoms with E-state index < -0.39 is 23.9 Å². The molecule has 1 unspecified atom stereocenters. The summed E-state index contributed by atoms with van der Waals surface area (Å²) in [4.78, 5) is 40.8. The van der Waals surface area contributed by atoms with Crippen molar-refractivity contribution < 1.29 is 24.0 Å². The number of hydrogen-bond donors (Lipinski definition) is 0. The second kappa shape index (κ2) is 5.42. The van der Waals surface area contributed by atoms with Gasteiger partial charge in [0.15, 0.2) is 6.10 Å². The average Bonchev–Trinajstić information content (AvgIpc) is 2.65. The van der Waals surface area contributed by atoms with Gasteiger partial charge in [-0.05, 0) is 18.1 Å². The first-order chi connectivity index (χ1) is 9.47. The summed E-state index contributed by atoms with van der Waals surface area (Å²) in [5, 5.41) is 0.487. The number of carbonyl (C=O) groups excluding carboxylic acids is 3. The van der Waals surface area contributed by atoms with Crippen LogP contribution in [0.3, 0.4) is 0 Å². The first-order valence-electron chi connectivity index (χ1n) is 6.19. The highest BCUT2D eigenvalue weighted by Gasteiger charge is 2.40. The van der Waals surface area contributed by atoms with E-state index in [0.29, 0.717) is 5.06 Å². The molecule has 1 aromatic carbocycles. The maximum Gasteiger partial charge on any atom is 0.361 e. The van der Waals surface area contributed by atoms with E-state index in [9.17, 15) is 14.4 Å². The van der Waals surface area contributed by atoms with Gasteiger partial charge in [0.25, 0.3) is 11.8 Å². The number of amides is 2. The van der Waals surface area contributed by atoms with E-state index in [1.165, 1.54) is 19.2 Å². The van der Waals surface area contributed by atoms with E-state index in [1.807, 2.05) is 0 Å². The molecule has 0 N–H and O–H groups in total. The van der Waals surface area contributed by atoms with Crippen LogP contribution in [0.25, 0.3) is 0 Å². The zero-order valence-corrected chi connectivity index (χ0v) is 11.5. The van der Waals surface area contributed by atoms with E-state index in [4.69, 9.17) is 9.57 Å². The maximum atomic E-state index is 12.0. The van der Waals surface area contributed by atoms with E-state index in [-0.39, 0.29) is 17.0 Å². The van der Waals surface area contributed by atoms with Gasteiger partial charge in [-0.15, -0.1) is 0 Å². The molecule has 6 nitrogen and oxygen atoms in total. The van der Waals surface area contributed by atoms with Crippen LogP contribution < -0.4 is 0 Å². The lowest BCUT2D eigenvalue weighted by molar-refractivity contribution is -0.182. The van der Waals surface area contributed by atoms with Gasteiger partial charge in [-0.3, -0.25) is 9.59 Å². The van der Waals surface area contributed by atoms with Crippen LogP contribution in [-0.4, -0.2) is 36.1 Å². The van der Waals surface area contributed by atoms with E-state index in [0.717, 1.165) is 0 Å². The van der Waals surface area contributed by atoms with Crippen molar-refractivity contribution in [3.05, 3.63) is 35.4 Å². The molecule has 0 radical (unpaired) electrons. The van der Waals surface area contributed by atoms with Crippen molar-refractivity contribution in [1.29, 1.82) is 0 Å². The van der Waals surface area contributed by atoms with Crippen LogP contribution in [0, 0.1) is 5.92 Å². The Morgan fingerprint density at radius 3 is 2.00 bits per heavy atom. The van der Waals surface area contributed by atoms with Crippen LogP contribution in [0.5, 0.6) is 0 Å². The summed E-state index contributed by atoms with van der Waals surface area (Å²) in [5.41, 5.74) is 0.452. The molecule has 1 atom stereocenters. The second-order valence-corrected chi connectivity index (χ2v) is 4.76. The SMILES string of the molecule is COC(C(=O)ON1C(=O)c2ccccc2C1=O)C(C)C. The minimum atomic E-state index is -0.834. The first-order valence-corrected chi connectivity index (χ1v) is 6.19. The number of imide groups is 1. The molecule has 0 saturated heterocycles. The molecule has 0 bridgehead atoms. The largest absolute Gasteiger partial charge is 0.369 e. The van der Waals surface area contributed by atoms with Gasteiger partial charge in [0, 0.05) is 7.11 Å². The molecule has 106 valence electrons. The van der Waals surface area contributed by atoms with E-state index in [1.54, 1.807) is 26.0 Å². The molecule has 2 rings (SSSR count). The molecule has 0 saturated carbocycles. The molecule has 0 spiro atoms. The molecule has 2 amide bonds. The van der Waals surface area contributed by atoms with Crippen LogP contribution in [0.2, 0.25) is 0 Å². The number of ether oxygens (including phenoxy) is 1. The van der Waals surface area contributed by atoms with Crippen molar-refractivity contribution in [3.8, 4) is 0 Å². The fraction of sp³-hybridized carbons (Fsp3) is 0.357. The van der Waals surface area contributed by atoms with Crippen molar-refractivity contribution in [1.82, 2.24) is 5.06 Å². The summed E-state index contributed by atoms with van der Waals surface area (Å²) in [6, 6.07) is 6.31. The molecule has 1 aromatic rings. The third-order valence-corrected chi connectivity index (χ3v) is 3.03. The van der Waals surface area contributed by atoms with E-state index >= 15 is 0 Å². The van der Waals surface area contributed by atoms with Crippen LogP contribution in [-0.2, 0) is 14.4 Å². The fourth-order valence-corrected chi connectivity index (χ4v) is 2.03. The summed E-state index contributed by atoms with van der Waals surface area (Å²) in [5.74, 6) is -2.19. The Kier molecular flexibility index (Phi) is 3.85. The molecule has 1 aliphatic rings. The highest BCUT2D eigenvalue weighted by Crippen LogP contribution is 2.23. The monoisotopic (exact) mass is 277 g/mol. The lowest BCUT2D eigenvalue weighted by Gasteiger charge is -2.20. The van der Waals surface area contributed by atoms with Gasteiger partial charge in [0.1, 0.15) is 0 Å². The molecular formula is C14H15NO5. The van der Waals surface area contributed by atoms with Crippen molar-refractivity contribution >= 4 is 17.8 Å². The topological polar surface area (TPSA) is 72.9 Å². The zero-order chi connectivity index (χ0) is 14.9. The molecule has 1 aliphatic heterocycles. The van der Waals surface area contributed by atoms with Crippen molar-refractivity contribution in [2.24, 2.45) is 5.92 Å². The minimum Gasteiger partial charge on any atom is -0.369 e. The van der Waals surface area contributed by atoms with Crippen molar-refractivity contribution in [3.63, 3.8) is 0 Å². The van der Waals surface area contributed by atoms with Crippen molar-refractivity contribution in [2.45, 2.75) is 20.0 Å². The Morgan fingerprint density at radius 2 is 1.60 bits per heavy atom. The lowest BCUT2D eigenvalue weighted by atomic mass is 10.1. The first kappa shape index (κ1) is 14.2. The number of benzene rings is 1. The Morgan fingerprint density at radius 1 is 1.10 bits per heavy atom. The normalized spacial score (nSPS) is 15.5. The minimum absolute atomic E-state index is 0.136. The fourth-order valence-electron chi connectivity index (χ4n) is 2.03. The quantitative estimate of drug-likeness (QED) is 0.778. The molecule has 0 fully saturated rings. The molecular weight excluding hydrogens is 262 g/mol. The predicted octanol–water partition coefficient (Wildman–Crippen LogP) is 1.41. The summed E-state index contributed by atoms with van der Waals surface area (Å²) in [6.45, 7) is 3.55. The molecule has 6 heteroatoms. The smallest absolute Gasteiger partial charge is 0.361 e. The van der Waals surface area contributed by atoms with Crippen LogP contribution in [0.1, 0.15) is 34.6 Å². The number of nitrogens with zero attached hydrogens (tertiary/aromatic N) is 1. The van der Waals surface area contributed by atoms with Gasteiger partial charge in [-0.2, -0.15) is 0 Å². The third kappa shape index (κ3) is 2.30. The summed E-state index contributed by atoms with van der Waals surface area (Å²) in [7, 11) is 1.37. The zero-order valence-electron chi connectivity index (χ0n) is 11.5. The Bertz CT molecular complexity index is 531. The number of methoxy groups -OCH3 is 1. The Hall–Kier alpha value is -2.21. The van der Waals surface area contributed by atoms with Crippen LogP contribution in [0.15, 0.2) is 24.3 Å². The Labute approximate surface area is 116 Å². The molecule has 0 aromatic heterocycles. The summed E-state index contributed by atoms with van der Waals surface area (Å²) >= 11 is 0.